The van der Waals surface area contributed by atoms with Crippen molar-refractivity contribution < 1.29 is 37.9 Å². The molecule has 0 saturated heterocycles. The van der Waals surface area contributed by atoms with E-state index in [9.17, 15) is 14.2 Å². The van der Waals surface area contributed by atoms with E-state index in [4.69, 9.17) is 19.3 Å². The van der Waals surface area contributed by atoms with Gasteiger partial charge in [0.1, 0.15) is 0 Å². The van der Waals surface area contributed by atoms with E-state index in [1.54, 1.807) is 6.92 Å². The number of carbonyl (C=O) groups excluding carboxylic acids is 2. The minimum absolute atomic E-state index is 0.0421. The predicted molar refractivity (Wildman–Crippen MR) is 146 cm³/mol. The number of hydrogen-bond donors (Lipinski definition) is 2. The molecular formula is C30H31O8P. The molecule has 204 valence electrons. The Balaban J connectivity index is 4.53. The summed E-state index contributed by atoms with van der Waals surface area (Å²) in [5, 5.41) is 0. The molecule has 0 aromatic heterocycles. The largest absolute Gasteiger partial charge is 0.472 e. The van der Waals surface area contributed by atoms with Gasteiger partial charge in [-0.15, -0.1) is 0 Å². The van der Waals surface area contributed by atoms with E-state index in [0.717, 1.165) is 25.7 Å². The van der Waals surface area contributed by atoms with Gasteiger partial charge >= 0.3 is 19.8 Å². The van der Waals surface area contributed by atoms with Crippen LogP contribution >= 0.6 is 7.82 Å². The number of esters is 2. The van der Waals surface area contributed by atoms with Crippen LogP contribution in [0.3, 0.4) is 0 Å². The second-order valence-corrected chi connectivity index (χ2v) is 8.76. The quantitative estimate of drug-likeness (QED) is 0.0795. The van der Waals surface area contributed by atoms with E-state index in [-0.39, 0.29) is 6.42 Å². The highest BCUT2D eigenvalue weighted by molar-refractivity contribution is 7.46. The van der Waals surface area contributed by atoms with E-state index < -0.39 is 32.7 Å². The summed E-state index contributed by atoms with van der Waals surface area (Å²) in [7, 11) is -5.02. The zero-order valence-corrected chi connectivity index (χ0v) is 23.0. The highest BCUT2D eigenvalue weighted by Gasteiger charge is 2.26. The molecule has 0 aromatic rings. The van der Waals surface area contributed by atoms with Gasteiger partial charge in [0.15, 0.2) is 6.61 Å². The zero-order valence-electron chi connectivity index (χ0n) is 22.1. The average Bonchev–Trinajstić information content (AvgIpc) is 2.88. The van der Waals surface area contributed by atoms with Gasteiger partial charge < -0.3 is 19.3 Å². The third-order valence-electron chi connectivity index (χ3n) is 4.33. The van der Waals surface area contributed by atoms with Crippen molar-refractivity contribution in [1.82, 2.24) is 0 Å². The second kappa shape index (κ2) is 24.3. The minimum atomic E-state index is -5.02. The molecule has 0 aliphatic rings. The van der Waals surface area contributed by atoms with Crippen molar-refractivity contribution in [2.75, 3.05) is 6.61 Å². The van der Waals surface area contributed by atoms with Crippen LogP contribution < -0.4 is 0 Å². The number of hydrogen-bond acceptors (Lipinski definition) is 6. The molecule has 9 heteroatoms. The van der Waals surface area contributed by atoms with Crippen molar-refractivity contribution in [3.63, 3.8) is 0 Å². The van der Waals surface area contributed by atoms with E-state index in [1.165, 1.54) is 25.7 Å². The first-order valence-corrected chi connectivity index (χ1v) is 13.8. The van der Waals surface area contributed by atoms with Crippen LogP contribution in [-0.4, -0.2) is 34.6 Å². The Labute approximate surface area is 231 Å². The van der Waals surface area contributed by atoms with Crippen molar-refractivity contribution in [2.45, 2.75) is 84.3 Å². The van der Waals surface area contributed by atoms with Gasteiger partial charge in [0.2, 0.25) is 6.29 Å². The normalized spacial score (nSPS) is 9.54. The van der Waals surface area contributed by atoms with Gasteiger partial charge in [-0.2, -0.15) is 0 Å². The third kappa shape index (κ3) is 26.8. The smallest absolute Gasteiger partial charge is 0.449 e. The van der Waals surface area contributed by atoms with Crippen LogP contribution in [0.2, 0.25) is 0 Å². The Kier molecular flexibility index (Phi) is 21.8. The topological polar surface area (TPSA) is 119 Å². The molecule has 8 nitrogen and oxygen atoms in total. The molecule has 2 N–H and O–H groups in total. The van der Waals surface area contributed by atoms with Crippen LogP contribution in [0.5, 0.6) is 0 Å². The van der Waals surface area contributed by atoms with Gasteiger partial charge in [-0.25, -0.2) is 13.9 Å². The maximum atomic E-state index is 12.0. The van der Waals surface area contributed by atoms with Crippen molar-refractivity contribution in [2.24, 2.45) is 0 Å². The molecular weight excluding hydrogens is 519 g/mol. The molecule has 0 aliphatic carbocycles. The molecule has 0 unspecified atom stereocenters. The van der Waals surface area contributed by atoms with Crippen LogP contribution in [-0.2, 0) is 28.2 Å². The number of ether oxygens (including phenoxy) is 2. The molecule has 0 saturated carbocycles. The third-order valence-corrected chi connectivity index (χ3v) is 4.84. The first-order chi connectivity index (χ1) is 18.8. The average molecular weight is 551 g/mol. The molecule has 1 atom stereocenters. The first kappa shape index (κ1) is 35.0. The van der Waals surface area contributed by atoms with Gasteiger partial charge in [0.05, 0.1) is 0 Å². The van der Waals surface area contributed by atoms with Gasteiger partial charge in [-0.1, -0.05) is 64.2 Å². The Morgan fingerprint density at radius 2 is 1.18 bits per heavy atom. The lowest BCUT2D eigenvalue weighted by Gasteiger charge is -2.18. The lowest BCUT2D eigenvalue weighted by Crippen LogP contribution is -2.27. The number of carbonyl (C=O) groups is 2. The monoisotopic (exact) mass is 550 g/mol. The van der Waals surface area contributed by atoms with E-state index >= 15 is 0 Å². The summed E-state index contributed by atoms with van der Waals surface area (Å²) in [6.07, 6.45) is 7.77. The van der Waals surface area contributed by atoms with Gasteiger partial charge in [0.25, 0.3) is 0 Å². The van der Waals surface area contributed by atoms with Crippen LogP contribution in [0, 0.1) is 82.9 Å². The van der Waals surface area contributed by atoms with Gasteiger partial charge in [-0.3, -0.25) is 4.79 Å². The molecule has 0 aromatic carbocycles. The summed E-state index contributed by atoms with van der Waals surface area (Å²) < 4.78 is 25.2. The fourth-order valence-corrected chi connectivity index (χ4v) is 3.07. The Morgan fingerprint density at radius 3 is 1.67 bits per heavy atom. The summed E-state index contributed by atoms with van der Waals surface area (Å²) >= 11 is 0. The van der Waals surface area contributed by atoms with Gasteiger partial charge in [0, 0.05) is 12.3 Å². The number of phosphoric ester groups is 1. The molecule has 0 bridgehead atoms. The van der Waals surface area contributed by atoms with Crippen LogP contribution in [0.15, 0.2) is 0 Å². The molecule has 0 aliphatic heterocycles. The second-order valence-electron chi connectivity index (χ2n) is 7.57. The summed E-state index contributed by atoms with van der Waals surface area (Å²) in [6, 6.07) is 0. The lowest BCUT2D eigenvalue weighted by molar-refractivity contribution is -0.177. The van der Waals surface area contributed by atoms with Crippen molar-refractivity contribution in [3.8, 4) is 82.9 Å². The summed E-state index contributed by atoms with van der Waals surface area (Å²) in [5.41, 5.74) is 0. The predicted octanol–water partition coefficient (Wildman–Crippen LogP) is 3.47. The van der Waals surface area contributed by atoms with Crippen molar-refractivity contribution >= 4 is 19.8 Å². The standard InChI is InChI=1S/C30H31O8P/c1-3-5-7-9-11-13-14-15-16-18-19-21-23-25-28(31)36-27-30(38-39(33,34)35)37-29(32)26-24-22-20-17-12-10-8-6-4-2/h30H,4,6,8,10,12,17,20,22,24,26-27H2,1-2H3,(H2,33,34,35)/t30-/m1/s1. The molecule has 0 fully saturated rings. The molecule has 0 amide bonds. The van der Waals surface area contributed by atoms with E-state index in [1.807, 2.05) is 5.92 Å². The Bertz CT molecular complexity index is 1280. The SMILES string of the molecule is CC#CC#CC#CC#CC#CC#CC#CC(=O)OC[C@H](OC(=O)CCCCCCCCCCC)OP(=O)(O)O. The first-order valence-electron chi connectivity index (χ1n) is 12.3. The molecule has 0 radical (unpaired) electrons. The zero-order chi connectivity index (χ0) is 29.0. The fraction of sp³-hybridized carbons (Fsp3) is 0.467. The molecule has 0 heterocycles. The molecule has 0 rings (SSSR count). The highest BCUT2D eigenvalue weighted by Crippen LogP contribution is 2.38. The lowest BCUT2D eigenvalue weighted by atomic mass is 10.1. The van der Waals surface area contributed by atoms with E-state index in [0.29, 0.717) is 6.42 Å². The number of phosphoric acid groups is 1. The summed E-state index contributed by atoms with van der Waals surface area (Å²) in [6.45, 7) is 3.06. The number of rotatable bonds is 15. The maximum absolute atomic E-state index is 12.0. The maximum Gasteiger partial charge on any atom is 0.472 e. The number of unbranched alkanes of at least 4 members (excludes halogenated alkanes) is 8. The molecule has 0 spiro atoms. The fourth-order valence-electron chi connectivity index (χ4n) is 2.66. The van der Waals surface area contributed by atoms with Crippen LogP contribution in [0.25, 0.3) is 0 Å². The van der Waals surface area contributed by atoms with Crippen molar-refractivity contribution in [3.05, 3.63) is 0 Å². The summed E-state index contributed by atoms with van der Waals surface area (Å²) in [4.78, 5) is 41.8. The minimum Gasteiger partial charge on any atom is -0.449 e. The Morgan fingerprint density at radius 1 is 0.718 bits per heavy atom. The van der Waals surface area contributed by atoms with E-state index in [2.05, 4.69) is 88.4 Å². The van der Waals surface area contributed by atoms with Crippen LogP contribution in [0.1, 0.15) is 78.1 Å². The van der Waals surface area contributed by atoms with Gasteiger partial charge in [-0.05, 0) is 84.4 Å². The molecule has 39 heavy (non-hydrogen) atoms. The van der Waals surface area contributed by atoms with Crippen LogP contribution in [0.4, 0.5) is 0 Å². The summed E-state index contributed by atoms with van der Waals surface area (Å²) in [5.74, 6) is 31.7. The highest BCUT2D eigenvalue weighted by atomic mass is 31.2. The Hall–Kier alpha value is -4.03. The van der Waals surface area contributed by atoms with Crippen molar-refractivity contribution in [1.29, 1.82) is 0 Å².